The van der Waals surface area contributed by atoms with E-state index in [-0.39, 0.29) is 17.5 Å². The van der Waals surface area contributed by atoms with Gasteiger partial charge in [-0.05, 0) is 20.3 Å². The summed E-state index contributed by atoms with van der Waals surface area (Å²) in [4.78, 5) is 0. The molecular formula is C9H14O2S. The fourth-order valence-electron chi connectivity index (χ4n) is 1.75. The van der Waals surface area contributed by atoms with Crippen LogP contribution < -0.4 is 0 Å². The van der Waals surface area contributed by atoms with Crippen LogP contribution in [0.5, 0.6) is 0 Å². The van der Waals surface area contributed by atoms with Crippen molar-refractivity contribution in [2.45, 2.75) is 43.5 Å². The first-order valence-electron chi connectivity index (χ1n) is 4.29. The molecule has 68 valence electrons. The highest BCUT2D eigenvalue weighted by molar-refractivity contribution is 7.81. The van der Waals surface area contributed by atoms with Crippen molar-refractivity contribution in [3.63, 3.8) is 0 Å². The van der Waals surface area contributed by atoms with Crippen LogP contribution in [0.15, 0.2) is 12.2 Å². The summed E-state index contributed by atoms with van der Waals surface area (Å²) in [6.45, 7) is 3.89. The standard InChI is InChI=1S/C9H14O2S/c1-9(2)10-6-4-3-5-7(12)8(6)11-9/h3-4,6-8,12H,5H2,1-2H3/t6-,7?,8-/m0/s1. The molecule has 0 N–H and O–H groups in total. The average molecular weight is 186 g/mol. The molecule has 1 heterocycles. The van der Waals surface area contributed by atoms with E-state index in [0.717, 1.165) is 6.42 Å². The Bertz CT molecular complexity index is 213. The summed E-state index contributed by atoms with van der Waals surface area (Å²) in [6.07, 6.45) is 5.41. The van der Waals surface area contributed by atoms with Gasteiger partial charge in [0.2, 0.25) is 0 Å². The molecule has 2 rings (SSSR count). The largest absolute Gasteiger partial charge is 0.343 e. The maximum absolute atomic E-state index is 5.72. The number of hydrogen-bond donors (Lipinski definition) is 1. The van der Waals surface area contributed by atoms with E-state index in [1.54, 1.807) is 0 Å². The van der Waals surface area contributed by atoms with Crippen LogP contribution in [0, 0.1) is 0 Å². The Hall–Kier alpha value is 0.01000. The normalized spacial score (nSPS) is 44.4. The molecule has 1 aliphatic heterocycles. The minimum atomic E-state index is -0.439. The molecule has 0 aromatic rings. The predicted molar refractivity (Wildman–Crippen MR) is 50.4 cm³/mol. The van der Waals surface area contributed by atoms with Crippen LogP contribution in [-0.2, 0) is 9.47 Å². The number of ether oxygens (including phenoxy) is 2. The first-order valence-corrected chi connectivity index (χ1v) is 4.80. The van der Waals surface area contributed by atoms with Gasteiger partial charge in [0.1, 0.15) is 12.2 Å². The SMILES string of the molecule is CC1(C)O[C@H]2C=CCC(S)[C@H]2O1. The maximum atomic E-state index is 5.72. The van der Waals surface area contributed by atoms with Gasteiger partial charge in [-0.2, -0.15) is 12.6 Å². The molecule has 1 unspecified atom stereocenters. The van der Waals surface area contributed by atoms with Crippen molar-refractivity contribution in [1.82, 2.24) is 0 Å². The molecule has 0 radical (unpaired) electrons. The van der Waals surface area contributed by atoms with Gasteiger partial charge < -0.3 is 9.47 Å². The van der Waals surface area contributed by atoms with Gasteiger partial charge in [0.25, 0.3) is 0 Å². The second-order valence-electron chi connectivity index (χ2n) is 3.80. The number of rotatable bonds is 0. The fourth-order valence-corrected chi connectivity index (χ4v) is 2.10. The van der Waals surface area contributed by atoms with Crippen LogP contribution in [0.25, 0.3) is 0 Å². The van der Waals surface area contributed by atoms with E-state index in [4.69, 9.17) is 9.47 Å². The zero-order chi connectivity index (χ0) is 8.77. The quantitative estimate of drug-likeness (QED) is 0.459. The molecular weight excluding hydrogens is 172 g/mol. The van der Waals surface area contributed by atoms with E-state index in [1.807, 2.05) is 13.8 Å². The van der Waals surface area contributed by atoms with Crippen LogP contribution in [0.3, 0.4) is 0 Å². The summed E-state index contributed by atoms with van der Waals surface area (Å²) in [6, 6.07) is 0. The van der Waals surface area contributed by atoms with Gasteiger partial charge in [-0.3, -0.25) is 0 Å². The third-order valence-corrected chi connectivity index (χ3v) is 2.75. The lowest BCUT2D eigenvalue weighted by atomic mass is 10.0. The first-order chi connectivity index (χ1) is 5.58. The third-order valence-electron chi connectivity index (χ3n) is 2.25. The lowest BCUT2D eigenvalue weighted by molar-refractivity contribution is -0.142. The van der Waals surface area contributed by atoms with Crippen LogP contribution in [0.1, 0.15) is 20.3 Å². The molecule has 1 aliphatic carbocycles. The van der Waals surface area contributed by atoms with Gasteiger partial charge in [0.05, 0.1) is 0 Å². The number of hydrogen-bond acceptors (Lipinski definition) is 3. The van der Waals surface area contributed by atoms with E-state index in [9.17, 15) is 0 Å². The van der Waals surface area contributed by atoms with Crippen molar-refractivity contribution in [3.8, 4) is 0 Å². The minimum absolute atomic E-state index is 0.108. The molecule has 3 heteroatoms. The Kier molecular flexibility index (Phi) is 1.97. The Balaban J connectivity index is 2.17. The van der Waals surface area contributed by atoms with Crippen molar-refractivity contribution in [3.05, 3.63) is 12.2 Å². The number of thiol groups is 1. The van der Waals surface area contributed by atoms with E-state index in [2.05, 4.69) is 24.8 Å². The van der Waals surface area contributed by atoms with Crippen LogP contribution in [0.2, 0.25) is 0 Å². The van der Waals surface area contributed by atoms with Gasteiger partial charge >= 0.3 is 0 Å². The molecule has 2 aliphatic rings. The van der Waals surface area contributed by atoms with Gasteiger partial charge in [-0.25, -0.2) is 0 Å². The van der Waals surface area contributed by atoms with Gasteiger partial charge in [0.15, 0.2) is 5.79 Å². The molecule has 3 atom stereocenters. The van der Waals surface area contributed by atoms with Crippen molar-refractivity contribution >= 4 is 12.6 Å². The van der Waals surface area contributed by atoms with Gasteiger partial charge in [-0.1, -0.05) is 12.2 Å². The lowest BCUT2D eigenvalue weighted by Gasteiger charge is -2.23. The van der Waals surface area contributed by atoms with E-state index >= 15 is 0 Å². The van der Waals surface area contributed by atoms with Crippen LogP contribution >= 0.6 is 12.6 Å². The van der Waals surface area contributed by atoms with E-state index in [0.29, 0.717) is 0 Å². The molecule has 0 bridgehead atoms. The molecule has 0 spiro atoms. The van der Waals surface area contributed by atoms with E-state index in [1.165, 1.54) is 0 Å². The average Bonchev–Trinajstić information content (AvgIpc) is 2.25. The van der Waals surface area contributed by atoms with Gasteiger partial charge in [0, 0.05) is 5.25 Å². The van der Waals surface area contributed by atoms with Crippen molar-refractivity contribution < 1.29 is 9.47 Å². The molecule has 0 aromatic heterocycles. The van der Waals surface area contributed by atoms with Crippen molar-refractivity contribution in [2.24, 2.45) is 0 Å². The van der Waals surface area contributed by atoms with Crippen molar-refractivity contribution in [2.75, 3.05) is 0 Å². The second kappa shape index (κ2) is 2.76. The third kappa shape index (κ3) is 1.41. The Morgan fingerprint density at radius 2 is 2.17 bits per heavy atom. The zero-order valence-electron chi connectivity index (χ0n) is 7.36. The molecule has 0 aromatic carbocycles. The van der Waals surface area contributed by atoms with Crippen molar-refractivity contribution in [1.29, 1.82) is 0 Å². The Labute approximate surface area is 78.3 Å². The molecule has 1 fully saturated rings. The highest BCUT2D eigenvalue weighted by atomic mass is 32.1. The first kappa shape index (κ1) is 8.60. The van der Waals surface area contributed by atoms with E-state index < -0.39 is 5.79 Å². The molecule has 0 saturated carbocycles. The number of allylic oxidation sites excluding steroid dienone is 1. The Morgan fingerprint density at radius 1 is 1.42 bits per heavy atom. The fraction of sp³-hybridized carbons (Fsp3) is 0.778. The minimum Gasteiger partial charge on any atom is -0.343 e. The topological polar surface area (TPSA) is 18.5 Å². The number of fused-ring (bicyclic) bond motifs is 1. The predicted octanol–water partition coefficient (Wildman–Crippen LogP) is 1.76. The highest BCUT2D eigenvalue weighted by Gasteiger charge is 2.43. The summed E-state index contributed by atoms with van der Waals surface area (Å²) in [5.74, 6) is -0.439. The molecule has 0 amide bonds. The Morgan fingerprint density at radius 3 is 2.83 bits per heavy atom. The van der Waals surface area contributed by atoms with Crippen LogP contribution in [0.4, 0.5) is 0 Å². The summed E-state index contributed by atoms with van der Waals surface area (Å²) < 4.78 is 11.4. The second-order valence-corrected chi connectivity index (χ2v) is 4.46. The van der Waals surface area contributed by atoms with Gasteiger partial charge in [-0.15, -0.1) is 0 Å². The van der Waals surface area contributed by atoms with Crippen LogP contribution in [-0.4, -0.2) is 23.2 Å². The smallest absolute Gasteiger partial charge is 0.164 e. The summed E-state index contributed by atoms with van der Waals surface area (Å²) >= 11 is 4.46. The summed E-state index contributed by atoms with van der Waals surface area (Å²) in [5, 5.41) is 0.279. The highest BCUT2D eigenvalue weighted by Crippen LogP contribution is 2.35. The summed E-state index contributed by atoms with van der Waals surface area (Å²) in [5.41, 5.74) is 0. The molecule has 12 heavy (non-hydrogen) atoms. The lowest BCUT2D eigenvalue weighted by Crippen LogP contribution is -2.33. The summed E-state index contributed by atoms with van der Waals surface area (Å²) in [7, 11) is 0. The zero-order valence-corrected chi connectivity index (χ0v) is 8.25. The monoisotopic (exact) mass is 186 g/mol. The molecule has 1 saturated heterocycles. The molecule has 2 nitrogen and oxygen atoms in total. The maximum Gasteiger partial charge on any atom is 0.164 e.